The molecule has 0 bridgehead atoms. The third-order valence-corrected chi connectivity index (χ3v) is 6.45. The van der Waals surface area contributed by atoms with Gasteiger partial charge in [0.15, 0.2) is 0 Å². The van der Waals surface area contributed by atoms with E-state index in [0.717, 1.165) is 5.56 Å². The fourth-order valence-corrected chi connectivity index (χ4v) is 4.66. The average molecular weight is 498 g/mol. The number of β-amino-alcohol motifs (C(OH)–C–C–N with tert-alkyl or cyclic N) is 1. The summed E-state index contributed by atoms with van der Waals surface area (Å²) in [5.74, 6) is -0.525. The van der Waals surface area contributed by atoms with Crippen LogP contribution in [0.1, 0.15) is 41.0 Å². The van der Waals surface area contributed by atoms with Gasteiger partial charge in [0.1, 0.15) is 35.4 Å². The zero-order chi connectivity index (χ0) is 26.1. The second kappa shape index (κ2) is 9.79. The van der Waals surface area contributed by atoms with Crippen molar-refractivity contribution in [1.82, 2.24) is 19.9 Å². The minimum Gasteiger partial charge on any atom is -0.391 e. The standard InChI is InChI=1S/C27H24FN7O2/c1-15(33-26-20(12-29)25(30)31-14-32-26)24-22(16-5-3-2-4-6-16)23(27(37)35-10-9-18(36)13-35)19-11-17(28)7-8-21(19)34-24/h2-8,11,14-15,18,36H,9-10,13H2,1H3,(H3,30,31,32,33)/t15?,18-/m1/s1. The summed E-state index contributed by atoms with van der Waals surface area (Å²) in [4.78, 5) is 28.4. The highest BCUT2D eigenvalue weighted by atomic mass is 19.1. The number of rotatable bonds is 5. The molecule has 0 saturated carbocycles. The lowest BCUT2D eigenvalue weighted by Gasteiger charge is -2.24. The Morgan fingerprint density at radius 2 is 2.05 bits per heavy atom. The normalized spacial score (nSPS) is 15.9. The fraction of sp³-hybridized carbons (Fsp3) is 0.222. The lowest BCUT2D eigenvalue weighted by molar-refractivity contribution is 0.0767. The molecule has 2 atom stereocenters. The molecule has 2 aromatic carbocycles. The number of carbonyl (C=O) groups is 1. The molecule has 1 unspecified atom stereocenters. The van der Waals surface area contributed by atoms with E-state index in [4.69, 9.17) is 10.7 Å². The highest BCUT2D eigenvalue weighted by Crippen LogP contribution is 2.38. The first-order valence-corrected chi connectivity index (χ1v) is 11.8. The first-order chi connectivity index (χ1) is 17.9. The smallest absolute Gasteiger partial charge is 0.255 e. The lowest BCUT2D eigenvalue weighted by Crippen LogP contribution is -2.31. The number of aliphatic hydroxyl groups is 1. The summed E-state index contributed by atoms with van der Waals surface area (Å²) in [6.45, 7) is 2.42. The molecule has 1 amide bonds. The molecule has 186 valence electrons. The highest BCUT2D eigenvalue weighted by molar-refractivity contribution is 6.12. The maximum atomic E-state index is 14.5. The van der Waals surface area contributed by atoms with Gasteiger partial charge in [0, 0.05) is 24.0 Å². The fourth-order valence-electron chi connectivity index (χ4n) is 4.66. The minimum absolute atomic E-state index is 0.0425. The number of nitrogens with one attached hydrogen (secondary N) is 1. The predicted molar refractivity (Wildman–Crippen MR) is 137 cm³/mol. The highest BCUT2D eigenvalue weighted by Gasteiger charge is 2.31. The monoisotopic (exact) mass is 497 g/mol. The summed E-state index contributed by atoms with van der Waals surface area (Å²) in [6.07, 6.45) is 1.12. The number of nitrogen functional groups attached to an aromatic ring is 1. The van der Waals surface area contributed by atoms with Gasteiger partial charge in [-0.15, -0.1) is 0 Å². The Kier molecular flexibility index (Phi) is 6.38. The molecular weight excluding hydrogens is 473 g/mol. The van der Waals surface area contributed by atoms with E-state index in [9.17, 15) is 19.6 Å². The molecular formula is C27H24FN7O2. The Balaban J connectivity index is 1.75. The van der Waals surface area contributed by atoms with Crippen molar-refractivity contribution < 1.29 is 14.3 Å². The van der Waals surface area contributed by atoms with Crippen molar-refractivity contribution in [3.05, 3.63) is 77.5 Å². The number of hydrogen-bond acceptors (Lipinski definition) is 8. The van der Waals surface area contributed by atoms with Crippen LogP contribution in [-0.2, 0) is 0 Å². The first kappa shape index (κ1) is 24.1. The van der Waals surface area contributed by atoms with Crippen molar-refractivity contribution >= 4 is 28.4 Å². The Hall–Kier alpha value is -4.62. The number of aromatic nitrogens is 3. The van der Waals surface area contributed by atoms with E-state index in [-0.39, 0.29) is 29.7 Å². The number of nitrogens with two attached hydrogens (primary N) is 1. The molecule has 1 saturated heterocycles. The van der Waals surface area contributed by atoms with Gasteiger partial charge in [-0.1, -0.05) is 30.3 Å². The van der Waals surface area contributed by atoms with Crippen LogP contribution < -0.4 is 11.1 Å². The van der Waals surface area contributed by atoms with E-state index in [1.54, 1.807) is 4.90 Å². The van der Waals surface area contributed by atoms with Crippen molar-refractivity contribution in [3.63, 3.8) is 0 Å². The van der Waals surface area contributed by atoms with Crippen LogP contribution in [0.4, 0.5) is 16.0 Å². The van der Waals surface area contributed by atoms with E-state index >= 15 is 0 Å². The largest absolute Gasteiger partial charge is 0.391 e. The van der Waals surface area contributed by atoms with E-state index in [1.165, 1.54) is 24.5 Å². The van der Waals surface area contributed by atoms with Crippen molar-refractivity contribution in [2.75, 3.05) is 24.1 Å². The molecule has 0 aliphatic carbocycles. The number of fused-ring (bicyclic) bond motifs is 1. The Labute approximate surface area is 212 Å². The van der Waals surface area contributed by atoms with Crippen molar-refractivity contribution in [2.24, 2.45) is 0 Å². The van der Waals surface area contributed by atoms with Crippen LogP contribution in [0.3, 0.4) is 0 Å². The van der Waals surface area contributed by atoms with Gasteiger partial charge in [-0.05, 0) is 37.1 Å². The second-order valence-electron chi connectivity index (χ2n) is 8.93. The number of halogens is 1. The third-order valence-electron chi connectivity index (χ3n) is 6.45. The van der Waals surface area contributed by atoms with Gasteiger partial charge < -0.3 is 21.1 Å². The molecule has 1 aliphatic rings. The van der Waals surface area contributed by atoms with Crippen molar-refractivity contribution in [3.8, 4) is 17.2 Å². The van der Waals surface area contributed by atoms with Gasteiger partial charge in [-0.2, -0.15) is 5.26 Å². The molecule has 0 radical (unpaired) electrons. The molecule has 3 heterocycles. The summed E-state index contributed by atoms with van der Waals surface area (Å²) in [7, 11) is 0. The second-order valence-corrected chi connectivity index (χ2v) is 8.93. The summed E-state index contributed by atoms with van der Waals surface area (Å²) in [5, 5.41) is 23.2. The van der Waals surface area contributed by atoms with Gasteiger partial charge in [-0.3, -0.25) is 4.79 Å². The van der Waals surface area contributed by atoms with Crippen LogP contribution in [0.25, 0.3) is 22.0 Å². The summed E-state index contributed by atoms with van der Waals surface area (Å²) < 4.78 is 14.5. The van der Waals surface area contributed by atoms with Crippen LogP contribution in [0.5, 0.6) is 0 Å². The zero-order valence-electron chi connectivity index (χ0n) is 20.0. The Bertz CT molecular complexity index is 1540. The molecule has 9 nitrogen and oxygen atoms in total. The quantitative estimate of drug-likeness (QED) is 0.379. The number of hydrogen-bond donors (Lipinski definition) is 3. The number of amides is 1. The lowest BCUT2D eigenvalue weighted by atomic mass is 9.91. The minimum atomic E-state index is -0.610. The number of anilines is 2. The SMILES string of the molecule is CC(Nc1ncnc(N)c1C#N)c1nc2ccc(F)cc2c(C(=O)N2CC[C@@H](O)C2)c1-c1ccccc1. The van der Waals surface area contributed by atoms with E-state index in [0.29, 0.717) is 40.7 Å². The average Bonchev–Trinajstić information content (AvgIpc) is 3.34. The summed E-state index contributed by atoms with van der Waals surface area (Å²) in [6, 6.07) is 14.9. The first-order valence-electron chi connectivity index (χ1n) is 11.8. The number of nitriles is 1. The van der Waals surface area contributed by atoms with Crippen LogP contribution >= 0.6 is 0 Å². The number of aliphatic hydroxyl groups excluding tert-OH is 1. The molecule has 1 aliphatic heterocycles. The van der Waals surface area contributed by atoms with Gasteiger partial charge in [-0.25, -0.2) is 19.3 Å². The van der Waals surface area contributed by atoms with Crippen LogP contribution in [-0.4, -0.2) is 50.1 Å². The number of benzene rings is 2. The van der Waals surface area contributed by atoms with Gasteiger partial charge >= 0.3 is 0 Å². The molecule has 0 spiro atoms. The van der Waals surface area contributed by atoms with Crippen LogP contribution in [0.2, 0.25) is 0 Å². The van der Waals surface area contributed by atoms with Gasteiger partial charge in [0.05, 0.1) is 28.9 Å². The zero-order valence-corrected chi connectivity index (χ0v) is 20.0. The van der Waals surface area contributed by atoms with E-state index in [2.05, 4.69) is 15.3 Å². The number of carbonyl (C=O) groups excluding carboxylic acids is 1. The maximum Gasteiger partial charge on any atom is 0.255 e. The van der Waals surface area contributed by atoms with Gasteiger partial charge in [0.25, 0.3) is 5.91 Å². The maximum absolute atomic E-state index is 14.5. The molecule has 5 rings (SSSR count). The molecule has 10 heteroatoms. The van der Waals surface area contributed by atoms with Crippen molar-refractivity contribution in [1.29, 1.82) is 5.26 Å². The Morgan fingerprint density at radius 1 is 1.27 bits per heavy atom. The molecule has 37 heavy (non-hydrogen) atoms. The molecule has 4 aromatic rings. The molecule has 4 N–H and O–H groups in total. The summed E-state index contributed by atoms with van der Waals surface area (Å²) in [5.41, 5.74) is 8.47. The molecule has 1 fully saturated rings. The summed E-state index contributed by atoms with van der Waals surface area (Å²) >= 11 is 0. The van der Waals surface area contributed by atoms with E-state index < -0.39 is 18.0 Å². The number of likely N-dealkylation sites (tertiary alicyclic amines) is 1. The van der Waals surface area contributed by atoms with E-state index in [1.807, 2.05) is 43.3 Å². The number of pyridine rings is 1. The Morgan fingerprint density at radius 3 is 2.76 bits per heavy atom. The third kappa shape index (κ3) is 4.52. The van der Waals surface area contributed by atoms with Crippen molar-refractivity contribution in [2.45, 2.75) is 25.5 Å². The van der Waals surface area contributed by atoms with Gasteiger partial charge in [0.2, 0.25) is 0 Å². The topological polar surface area (TPSA) is 141 Å². The van der Waals surface area contributed by atoms with Crippen LogP contribution in [0, 0.1) is 17.1 Å². The molecule has 2 aromatic heterocycles. The predicted octanol–water partition coefficient (Wildman–Crippen LogP) is 3.66. The number of nitrogens with zero attached hydrogens (tertiary/aromatic N) is 5. The van der Waals surface area contributed by atoms with Crippen LogP contribution in [0.15, 0.2) is 54.9 Å².